The van der Waals surface area contributed by atoms with E-state index in [1.54, 1.807) is 29.2 Å². The summed E-state index contributed by atoms with van der Waals surface area (Å²) in [5.74, 6) is 0. The summed E-state index contributed by atoms with van der Waals surface area (Å²) in [6.45, 7) is 4.57. The predicted octanol–water partition coefficient (Wildman–Crippen LogP) is 0.682. The van der Waals surface area contributed by atoms with E-state index in [4.69, 9.17) is 12.2 Å². The summed E-state index contributed by atoms with van der Waals surface area (Å²) in [5.41, 5.74) is 0.669. The molecule has 0 unspecified atom stereocenters. The van der Waals surface area contributed by atoms with E-state index < -0.39 is 10.0 Å². The Labute approximate surface area is 156 Å². The van der Waals surface area contributed by atoms with Crippen LogP contribution < -0.4 is 15.5 Å². The molecule has 1 aliphatic rings. The third-order valence-corrected chi connectivity index (χ3v) is 6.48. The molecule has 3 N–H and O–H groups in total. The summed E-state index contributed by atoms with van der Waals surface area (Å²) < 4.78 is 25.6. The normalized spacial score (nSPS) is 16.0. The number of quaternary nitrogens is 1. The Morgan fingerprint density at radius 2 is 1.96 bits per heavy atom. The van der Waals surface area contributed by atoms with Crippen LogP contribution in [0.15, 0.2) is 29.2 Å². The fourth-order valence-corrected chi connectivity index (χ4v) is 4.13. The van der Waals surface area contributed by atoms with Gasteiger partial charge in [-0.3, -0.25) is 0 Å². The summed E-state index contributed by atoms with van der Waals surface area (Å²) in [5, 5.41) is 6.78. The molecule has 1 fully saturated rings. The minimum Gasteiger partial charge on any atom is -0.362 e. The van der Waals surface area contributed by atoms with Gasteiger partial charge in [-0.15, -0.1) is 0 Å². The van der Waals surface area contributed by atoms with Gasteiger partial charge in [-0.2, -0.15) is 0 Å². The van der Waals surface area contributed by atoms with Crippen molar-refractivity contribution < 1.29 is 13.3 Å². The molecule has 6 nitrogen and oxygen atoms in total. The topological polar surface area (TPSA) is 65.9 Å². The van der Waals surface area contributed by atoms with Crippen LogP contribution in [0, 0.1) is 0 Å². The fraction of sp³-hybridized carbons (Fsp3) is 0.588. The average molecular weight is 386 g/mol. The molecule has 1 heterocycles. The average Bonchev–Trinajstić information content (AvgIpc) is 2.60. The highest BCUT2D eigenvalue weighted by Crippen LogP contribution is 2.17. The lowest BCUT2D eigenvalue weighted by molar-refractivity contribution is -0.904. The highest BCUT2D eigenvalue weighted by atomic mass is 32.2. The predicted molar refractivity (Wildman–Crippen MR) is 106 cm³/mol. The first kappa shape index (κ1) is 20.1. The van der Waals surface area contributed by atoms with Gasteiger partial charge in [0.2, 0.25) is 10.0 Å². The first-order valence-corrected chi connectivity index (χ1v) is 10.7. The monoisotopic (exact) mass is 385 g/mol. The number of piperidine rings is 1. The minimum atomic E-state index is -3.44. The number of nitrogens with zero attached hydrogens (tertiary/aromatic N) is 1. The molecule has 0 spiro atoms. The molecule has 1 aliphatic heterocycles. The lowest BCUT2D eigenvalue weighted by Gasteiger charge is -2.23. The van der Waals surface area contributed by atoms with E-state index in [2.05, 4.69) is 10.6 Å². The van der Waals surface area contributed by atoms with Gasteiger partial charge >= 0.3 is 0 Å². The van der Waals surface area contributed by atoms with Gasteiger partial charge in [-0.25, -0.2) is 12.7 Å². The second-order valence-corrected chi connectivity index (χ2v) is 9.17. The van der Waals surface area contributed by atoms with Crippen molar-refractivity contribution in [2.45, 2.75) is 30.6 Å². The zero-order chi connectivity index (χ0) is 18.3. The number of nitrogens with one attached hydrogen (secondary N) is 3. The highest BCUT2D eigenvalue weighted by Gasteiger charge is 2.17. The molecule has 0 aromatic heterocycles. The van der Waals surface area contributed by atoms with Crippen LogP contribution in [0.3, 0.4) is 0 Å². The van der Waals surface area contributed by atoms with Crippen molar-refractivity contribution in [3.8, 4) is 0 Å². The van der Waals surface area contributed by atoms with Crippen molar-refractivity contribution in [2.75, 3.05) is 45.6 Å². The molecule has 0 radical (unpaired) electrons. The maximum atomic E-state index is 12.2. The zero-order valence-corrected chi connectivity index (χ0v) is 16.7. The Morgan fingerprint density at radius 1 is 1.24 bits per heavy atom. The first-order chi connectivity index (χ1) is 11.9. The molecule has 0 atom stereocenters. The van der Waals surface area contributed by atoms with Crippen molar-refractivity contribution in [1.82, 2.24) is 9.62 Å². The molecular formula is C17H29N4O2S2+. The van der Waals surface area contributed by atoms with Crippen LogP contribution >= 0.6 is 12.2 Å². The number of sulfonamides is 1. The molecule has 140 valence electrons. The van der Waals surface area contributed by atoms with E-state index in [0.717, 1.165) is 13.0 Å². The van der Waals surface area contributed by atoms with Crippen LogP contribution in [-0.2, 0) is 10.0 Å². The minimum absolute atomic E-state index is 0.249. The maximum Gasteiger partial charge on any atom is 0.242 e. The molecule has 0 bridgehead atoms. The molecule has 0 amide bonds. The second kappa shape index (κ2) is 9.47. The van der Waals surface area contributed by atoms with Crippen molar-refractivity contribution in [3.63, 3.8) is 0 Å². The Hall–Kier alpha value is -1.22. The van der Waals surface area contributed by atoms with Crippen LogP contribution in [0.4, 0.5) is 5.69 Å². The van der Waals surface area contributed by atoms with E-state index in [1.807, 2.05) is 0 Å². The first-order valence-electron chi connectivity index (χ1n) is 8.80. The number of rotatable bonds is 7. The Morgan fingerprint density at radius 3 is 2.64 bits per heavy atom. The van der Waals surface area contributed by atoms with Crippen LogP contribution in [-0.4, -0.2) is 58.1 Å². The van der Waals surface area contributed by atoms with Crippen LogP contribution in [0.25, 0.3) is 0 Å². The van der Waals surface area contributed by atoms with Crippen molar-refractivity contribution in [1.29, 1.82) is 0 Å². The lowest BCUT2D eigenvalue weighted by Crippen LogP contribution is -3.12. The summed E-state index contributed by atoms with van der Waals surface area (Å²) in [4.78, 5) is 1.94. The SMILES string of the molecule is CN(C)S(=O)(=O)c1cccc(NC(=S)NCCC[NH+]2CCCCC2)c1. The molecule has 0 saturated carbocycles. The maximum absolute atomic E-state index is 12.2. The van der Waals surface area contributed by atoms with Crippen LogP contribution in [0.5, 0.6) is 0 Å². The van der Waals surface area contributed by atoms with Gasteiger partial charge in [-0.05, 0) is 49.7 Å². The molecule has 8 heteroatoms. The molecule has 1 aromatic rings. The third-order valence-electron chi connectivity index (χ3n) is 4.42. The van der Waals surface area contributed by atoms with Crippen molar-refractivity contribution in [2.24, 2.45) is 0 Å². The van der Waals surface area contributed by atoms with Gasteiger partial charge in [-0.1, -0.05) is 6.07 Å². The number of benzene rings is 1. The third kappa shape index (κ3) is 6.22. The molecule has 0 aliphatic carbocycles. The van der Waals surface area contributed by atoms with Gasteiger partial charge in [0.1, 0.15) is 0 Å². The quantitative estimate of drug-likeness (QED) is 0.476. The molecule has 1 aromatic carbocycles. The van der Waals surface area contributed by atoms with Crippen LogP contribution in [0.2, 0.25) is 0 Å². The molecular weight excluding hydrogens is 356 g/mol. The van der Waals surface area contributed by atoms with E-state index >= 15 is 0 Å². The lowest BCUT2D eigenvalue weighted by atomic mass is 10.1. The number of anilines is 1. The highest BCUT2D eigenvalue weighted by molar-refractivity contribution is 7.89. The second-order valence-electron chi connectivity index (χ2n) is 6.61. The Balaban J connectivity index is 1.78. The standard InChI is InChI=1S/C17H28N4O2S2/c1-20(2)25(22,23)16-9-6-8-15(14-16)19-17(24)18-10-7-13-21-11-4-3-5-12-21/h6,8-9,14H,3-5,7,10-13H2,1-2H3,(H2,18,19,24)/p+1. The van der Waals surface area contributed by atoms with Gasteiger partial charge in [0.05, 0.1) is 24.5 Å². The fourth-order valence-electron chi connectivity index (χ4n) is 2.96. The van der Waals surface area contributed by atoms with E-state index in [0.29, 0.717) is 10.8 Å². The van der Waals surface area contributed by atoms with Crippen molar-refractivity contribution >= 4 is 33.0 Å². The van der Waals surface area contributed by atoms with Gasteiger partial charge < -0.3 is 15.5 Å². The summed E-state index contributed by atoms with van der Waals surface area (Å²) in [6, 6.07) is 6.70. The van der Waals surface area contributed by atoms with E-state index in [1.165, 1.54) is 57.3 Å². The number of hydrogen-bond acceptors (Lipinski definition) is 3. The summed E-state index contributed by atoms with van der Waals surface area (Å²) in [6.07, 6.45) is 5.13. The molecule has 25 heavy (non-hydrogen) atoms. The van der Waals surface area contributed by atoms with E-state index in [9.17, 15) is 8.42 Å². The van der Waals surface area contributed by atoms with E-state index in [-0.39, 0.29) is 4.90 Å². The van der Waals surface area contributed by atoms with Crippen molar-refractivity contribution in [3.05, 3.63) is 24.3 Å². The number of likely N-dealkylation sites (tertiary alicyclic amines) is 1. The smallest absolute Gasteiger partial charge is 0.242 e. The Kier molecular flexibility index (Phi) is 7.61. The van der Waals surface area contributed by atoms with Gasteiger partial charge in [0.25, 0.3) is 0 Å². The van der Waals surface area contributed by atoms with Crippen LogP contribution in [0.1, 0.15) is 25.7 Å². The Bertz CT molecular complexity index is 671. The van der Waals surface area contributed by atoms with Gasteiger partial charge in [0.15, 0.2) is 5.11 Å². The largest absolute Gasteiger partial charge is 0.362 e. The summed E-state index contributed by atoms with van der Waals surface area (Å²) in [7, 11) is -0.402. The number of hydrogen-bond donors (Lipinski definition) is 3. The summed E-state index contributed by atoms with van der Waals surface area (Å²) >= 11 is 5.31. The molecule has 2 rings (SSSR count). The van der Waals surface area contributed by atoms with Gasteiger partial charge in [0, 0.05) is 32.7 Å². The zero-order valence-electron chi connectivity index (χ0n) is 15.0. The number of thiocarbonyl (C=S) groups is 1. The molecule has 1 saturated heterocycles.